The van der Waals surface area contributed by atoms with Crippen molar-refractivity contribution in [3.05, 3.63) is 23.8 Å². The van der Waals surface area contributed by atoms with Crippen LogP contribution in [-0.4, -0.2) is 33.1 Å². The number of rotatable bonds is 7. The molecule has 0 radical (unpaired) electrons. The van der Waals surface area contributed by atoms with Gasteiger partial charge in [-0.3, -0.25) is 4.79 Å². The van der Waals surface area contributed by atoms with E-state index in [0.717, 1.165) is 0 Å². The number of methoxy groups -OCH3 is 1. The van der Waals surface area contributed by atoms with Gasteiger partial charge < -0.3 is 9.84 Å². The number of carboxylic acids is 1. The first-order valence-corrected chi connectivity index (χ1v) is 7.27. The highest BCUT2D eigenvalue weighted by Gasteiger charge is 2.19. The third kappa shape index (κ3) is 4.22. The van der Waals surface area contributed by atoms with Crippen LogP contribution in [-0.2, 0) is 21.2 Å². The Balaban J connectivity index is 3.13. The largest absolute Gasteiger partial charge is 0.495 e. The highest BCUT2D eigenvalue weighted by molar-refractivity contribution is 7.89. The Morgan fingerprint density at radius 2 is 2.11 bits per heavy atom. The summed E-state index contributed by atoms with van der Waals surface area (Å²) in [5, 5.41) is 8.63. The van der Waals surface area contributed by atoms with E-state index in [0.29, 0.717) is 5.56 Å². The molecule has 0 fully saturated rings. The summed E-state index contributed by atoms with van der Waals surface area (Å²) in [6.45, 7) is 1.95. The minimum absolute atomic E-state index is 0.0275. The topological polar surface area (TPSA) is 92.7 Å². The highest BCUT2D eigenvalue weighted by Crippen LogP contribution is 2.25. The first-order valence-electron chi connectivity index (χ1n) is 5.79. The molecule has 1 aromatic carbocycles. The fourth-order valence-electron chi connectivity index (χ4n) is 1.61. The van der Waals surface area contributed by atoms with Crippen molar-refractivity contribution in [1.29, 1.82) is 0 Å². The van der Waals surface area contributed by atoms with Gasteiger partial charge in [-0.25, -0.2) is 13.1 Å². The fraction of sp³-hybridized carbons (Fsp3) is 0.417. The molecular weight excluding hydrogens is 270 g/mol. The Morgan fingerprint density at radius 1 is 1.42 bits per heavy atom. The van der Waals surface area contributed by atoms with Crippen molar-refractivity contribution in [3.8, 4) is 5.75 Å². The maximum Gasteiger partial charge on any atom is 0.303 e. The molecule has 106 valence electrons. The molecule has 0 atom stereocenters. The highest BCUT2D eigenvalue weighted by atomic mass is 32.2. The van der Waals surface area contributed by atoms with Gasteiger partial charge in [0.15, 0.2) is 0 Å². The van der Waals surface area contributed by atoms with Crippen LogP contribution in [0.15, 0.2) is 23.1 Å². The van der Waals surface area contributed by atoms with Crippen LogP contribution in [0.25, 0.3) is 0 Å². The molecule has 0 unspecified atom stereocenters. The van der Waals surface area contributed by atoms with Crippen molar-refractivity contribution in [3.63, 3.8) is 0 Å². The quantitative estimate of drug-likeness (QED) is 0.780. The van der Waals surface area contributed by atoms with Crippen molar-refractivity contribution in [2.75, 3.05) is 13.7 Å². The van der Waals surface area contributed by atoms with Crippen LogP contribution < -0.4 is 9.46 Å². The number of carboxylic acid groups (broad SMARTS) is 1. The van der Waals surface area contributed by atoms with Crippen molar-refractivity contribution < 1.29 is 23.1 Å². The van der Waals surface area contributed by atoms with Crippen LogP contribution in [0.2, 0.25) is 0 Å². The molecule has 0 bridgehead atoms. The molecule has 0 aliphatic heterocycles. The predicted molar refractivity (Wildman–Crippen MR) is 69.8 cm³/mol. The normalized spacial score (nSPS) is 11.3. The summed E-state index contributed by atoms with van der Waals surface area (Å²) in [5.41, 5.74) is 0.639. The van der Waals surface area contributed by atoms with Crippen LogP contribution in [0.4, 0.5) is 0 Å². The molecule has 0 saturated carbocycles. The Hall–Kier alpha value is -1.60. The average molecular weight is 287 g/mol. The van der Waals surface area contributed by atoms with E-state index in [9.17, 15) is 13.2 Å². The lowest BCUT2D eigenvalue weighted by atomic mass is 10.1. The monoisotopic (exact) mass is 287 g/mol. The molecule has 1 rings (SSSR count). The Morgan fingerprint density at radius 3 is 2.63 bits per heavy atom. The van der Waals surface area contributed by atoms with Gasteiger partial charge in [-0.2, -0.15) is 0 Å². The van der Waals surface area contributed by atoms with E-state index >= 15 is 0 Å². The van der Waals surface area contributed by atoms with Gasteiger partial charge in [-0.15, -0.1) is 0 Å². The first kappa shape index (κ1) is 15.5. The lowest BCUT2D eigenvalue weighted by molar-refractivity contribution is -0.136. The summed E-state index contributed by atoms with van der Waals surface area (Å²) in [4.78, 5) is 10.6. The number of carbonyl (C=O) groups is 1. The van der Waals surface area contributed by atoms with E-state index < -0.39 is 16.0 Å². The molecule has 0 saturated heterocycles. The Kier molecular flexibility index (Phi) is 5.31. The third-order valence-corrected chi connectivity index (χ3v) is 4.05. The molecule has 2 N–H and O–H groups in total. The zero-order valence-corrected chi connectivity index (χ0v) is 11.7. The fourth-order valence-corrected chi connectivity index (χ4v) is 2.86. The van der Waals surface area contributed by atoms with E-state index in [2.05, 4.69) is 4.72 Å². The zero-order chi connectivity index (χ0) is 14.5. The standard InChI is InChI=1S/C12H17NO5S/c1-3-13-19(16,17)11-8-9(5-7-12(14)15)4-6-10(11)18-2/h4,6,8,13H,3,5,7H2,1-2H3,(H,14,15). The molecule has 0 aromatic heterocycles. The molecule has 0 heterocycles. The van der Waals surface area contributed by atoms with Gasteiger partial charge in [0.25, 0.3) is 0 Å². The second-order valence-corrected chi connectivity index (χ2v) is 5.62. The number of benzene rings is 1. The number of sulfonamides is 1. The molecule has 7 heteroatoms. The molecule has 19 heavy (non-hydrogen) atoms. The molecule has 0 amide bonds. The van der Waals surface area contributed by atoms with Gasteiger partial charge in [0.1, 0.15) is 10.6 Å². The van der Waals surface area contributed by atoms with Gasteiger partial charge >= 0.3 is 5.97 Å². The third-order valence-electron chi connectivity index (χ3n) is 2.48. The van der Waals surface area contributed by atoms with Gasteiger partial charge in [0, 0.05) is 13.0 Å². The van der Waals surface area contributed by atoms with Crippen molar-refractivity contribution in [1.82, 2.24) is 4.72 Å². The summed E-state index contributed by atoms with van der Waals surface area (Å²) in [5.74, 6) is -0.688. The van der Waals surface area contributed by atoms with Crippen LogP contribution in [0.3, 0.4) is 0 Å². The first-order chi connectivity index (χ1) is 8.90. The number of aryl methyl sites for hydroxylation is 1. The number of hydrogen-bond acceptors (Lipinski definition) is 4. The minimum Gasteiger partial charge on any atom is -0.495 e. The molecule has 0 spiro atoms. The van der Waals surface area contributed by atoms with E-state index in [1.807, 2.05) is 0 Å². The van der Waals surface area contributed by atoms with E-state index in [1.165, 1.54) is 19.2 Å². The van der Waals surface area contributed by atoms with Gasteiger partial charge in [-0.1, -0.05) is 13.0 Å². The lowest BCUT2D eigenvalue weighted by Gasteiger charge is -2.11. The second kappa shape index (κ2) is 6.53. The van der Waals surface area contributed by atoms with Gasteiger partial charge in [0.05, 0.1) is 7.11 Å². The summed E-state index contributed by atoms with van der Waals surface area (Å²) >= 11 is 0. The second-order valence-electron chi connectivity index (χ2n) is 3.88. The average Bonchev–Trinajstić information content (AvgIpc) is 2.36. The maximum atomic E-state index is 12.0. The van der Waals surface area contributed by atoms with Crippen LogP contribution >= 0.6 is 0 Å². The van der Waals surface area contributed by atoms with E-state index in [4.69, 9.17) is 9.84 Å². The number of nitrogens with one attached hydrogen (secondary N) is 1. The zero-order valence-electron chi connectivity index (χ0n) is 10.8. The molecule has 6 nitrogen and oxygen atoms in total. The van der Waals surface area contributed by atoms with Crippen molar-refractivity contribution in [2.45, 2.75) is 24.7 Å². The number of aliphatic carboxylic acids is 1. The van der Waals surface area contributed by atoms with E-state index in [-0.39, 0.29) is 30.0 Å². The summed E-state index contributed by atoms with van der Waals surface area (Å²) < 4.78 is 31.4. The van der Waals surface area contributed by atoms with Crippen LogP contribution in [0.1, 0.15) is 18.9 Å². The van der Waals surface area contributed by atoms with Crippen LogP contribution in [0.5, 0.6) is 5.75 Å². The van der Waals surface area contributed by atoms with Crippen LogP contribution in [0, 0.1) is 0 Å². The number of hydrogen-bond donors (Lipinski definition) is 2. The molecular formula is C12H17NO5S. The van der Waals surface area contributed by atoms with Gasteiger partial charge in [-0.05, 0) is 24.1 Å². The number of ether oxygens (including phenoxy) is 1. The summed E-state index contributed by atoms with van der Waals surface area (Å²) in [6.07, 6.45) is 0.223. The van der Waals surface area contributed by atoms with Crippen molar-refractivity contribution in [2.24, 2.45) is 0 Å². The van der Waals surface area contributed by atoms with Gasteiger partial charge in [0.2, 0.25) is 10.0 Å². The predicted octanol–water partition coefficient (Wildman–Crippen LogP) is 1.01. The summed E-state index contributed by atoms with van der Waals surface area (Å²) in [7, 11) is -2.25. The maximum absolute atomic E-state index is 12.0. The van der Waals surface area contributed by atoms with Crippen molar-refractivity contribution >= 4 is 16.0 Å². The Bertz CT molecular complexity index is 553. The van der Waals surface area contributed by atoms with E-state index in [1.54, 1.807) is 13.0 Å². The molecule has 1 aromatic rings. The SMILES string of the molecule is CCNS(=O)(=O)c1cc(CCC(=O)O)ccc1OC. The Labute approximate surface area is 112 Å². The summed E-state index contributed by atoms with van der Waals surface area (Å²) in [6, 6.07) is 4.63. The smallest absolute Gasteiger partial charge is 0.303 e. The molecule has 0 aliphatic rings. The lowest BCUT2D eigenvalue weighted by Crippen LogP contribution is -2.23. The molecule has 0 aliphatic carbocycles. The minimum atomic E-state index is -3.64.